The van der Waals surface area contributed by atoms with Crippen LogP contribution in [0.15, 0.2) is 23.3 Å². The van der Waals surface area contributed by atoms with Crippen LogP contribution in [-0.2, 0) is 57.1 Å². The lowest BCUT2D eigenvalue weighted by Gasteiger charge is -2.73. The molecule has 2 aliphatic heterocycles. The fourth-order valence-electron chi connectivity index (χ4n) is 15.0. The summed E-state index contributed by atoms with van der Waals surface area (Å²) < 4.78 is 42.2. The van der Waals surface area contributed by atoms with Crippen molar-refractivity contribution in [2.75, 3.05) is 13.2 Å². The summed E-state index contributed by atoms with van der Waals surface area (Å²) in [6, 6.07) is 0. The third kappa shape index (κ3) is 8.93. The number of carboxylic acid groups (broad SMARTS) is 1. The van der Waals surface area contributed by atoms with E-state index >= 15 is 0 Å². The molecule has 73 heavy (non-hydrogen) atoms. The summed E-state index contributed by atoms with van der Waals surface area (Å²) in [6.07, 6.45) is -15.6. The zero-order valence-electron chi connectivity index (χ0n) is 44.0. The molecule has 6 fully saturated rings. The number of aldehydes is 1. The second kappa shape index (κ2) is 20.5. The fraction of sp³-hybridized carbons (Fsp3) is 0.830. The summed E-state index contributed by atoms with van der Waals surface area (Å²) in [6.45, 7) is 18.6. The van der Waals surface area contributed by atoms with Gasteiger partial charge in [0.25, 0.3) is 0 Å². The fourth-order valence-corrected chi connectivity index (χ4v) is 15.0. The quantitative estimate of drug-likeness (QED) is 0.0328. The van der Waals surface area contributed by atoms with Gasteiger partial charge in [-0.2, -0.15) is 0 Å². The minimum atomic E-state index is -2.02. The molecule has 5 aliphatic carbocycles. The Morgan fingerprint density at radius 1 is 0.836 bits per heavy atom. The topological polar surface area (TPSA) is 312 Å². The molecule has 2 heterocycles. The number of aliphatic hydroxyl groups excluding tert-OH is 7. The van der Waals surface area contributed by atoms with Crippen LogP contribution < -0.4 is 0 Å². The van der Waals surface area contributed by atoms with Crippen molar-refractivity contribution in [3.63, 3.8) is 0 Å². The maximum absolute atomic E-state index is 14.0. The van der Waals surface area contributed by atoms with Crippen LogP contribution in [-0.4, -0.2) is 170 Å². The first-order chi connectivity index (χ1) is 34.0. The Morgan fingerprint density at radius 2 is 1.51 bits per heavy atom. The van der Waals surface area contributed by atoms with Crippen molar-refractivity contribution in [2.45, 2.75) is 207 Å². The van der Waals surface area contributed by atoms with Crippen molar-refractivity contribution in [3.05, 3.63) is 23.3 Å². The minimum absolute atomic E-state index is 0.203. The predicted molar refractivity (Wildman–Crippen MR) is 254 cm³/mol. The van der Waals surface area contributed by atoms with Crippen LogP contribution in [0.25, 0.3) is 0 Å². The second-order valence-electron chi connectivity index (χ2n) is 23.9. The van der Waals surface area contributed by atoms with Gasteiger partial charge in [0, 0.05) is 23.3 Å². The van der Waals surface area contributed by atoms with Gasteiger partial charge < -0.3 is 78.8 Å². The molecule has 23 unspecified atom stereocenters. The standard InChI is InChI=1S/C53H80O20/c1-12-24(3)44(65)72-41-42(73-45(66)25(4)13-2)53(23-55)28(20-48(41,6)7)27-14-15-31-49(8)18-17-32(50(9,22-54)30(49)16-19-51(31,10)52(27,11)39(62)40(53)68-26(5)56)69-47-36(61)37(35(60)38(71-47)43(63)64)70-46-34(59)33(58)29(57)21-67-46/h12,14,22,25,28-42,46-47,55,57-62H,13,15-21,23H2,1-11H3,(H,63,64). The molecule has 23 atom stereocenters. The van der Waals surface area contributed by atoms with Gasteiger partial charge in [0.1, 0.15) is 61.2 Å². The summed E-state index contributed by atoms with van der Waals surface area (Å²) in [5.74, 6) is -5.55. The van der Waals surface area contributed by atoms with Crippen LogP contribution in [0.1, 0.15) is 121 Å². The summed E-state index contributed by atoms with van der Waals surface area (Å²) in [4.78, 5) is 67.3. The summed E-state index contributed by atoms with van der Waals surface area (Å²) >= 11 is 0. The monoisotopic (exact) mass is 1040 g/mol. The SMILES string of the molecule is CC=C(C)C(=O)OC1C(OC(=O)C(C)CC)C2(CO)C(CC1(C)C)C1=CCC3C4(C)CCC(OC5OC(C(=O)O)C(O)C(OC6OCC(O)C(O)C6O)C5O)C(C)(C=O)C4CCC3(C)C1(C)C(O)C2OC(C)=O. The van der Waals surface area contributed by atoms with Gasteiger partial charge >= 0.3 is 23.9 Å². The highest BCUT2D eigenvalue weighted by Crippen LogP contribution is 2.76. The normalized spacial score (nSPS) is 47.7. The molecular formula is C53H80O20. The number of hydrogen-bond donors (Lipinski definition) is 8. The number of fused-ring (bicyclic) bond motifs is 7. The Bertz CT molecular complexity index is 2180. The van der Waals surface area contributed by atoms with E-state index in [2.05, 4.69) is 19.9 Å². The molecule has 0 bridgehead atoms. The van der Waals surface area contributed by atoms with Crippen molar-refractivity contribution in [2.24, 2.45) is 56.2 Å². The zero-order valence-corrected chi connectivity index (χ0v) is 44.0. The highest BCUT2D eigenvalue weighted by atomic mass is 16.7. The molecule has 20 nitrogen and oxygen atoms in total. The number of rotatable bonds is 13. The predicted octanol–water partition coefficient (Wildman–Crippen LogP) is 2.27. The van der Waals surface area contributed by atoms with Crippen molar-refractivity contribution >= 4 is 30.2 Å². The van der Waals surface area contributed by atoms with E-state index in [1.54, 1.807) is 33.8 Å². The van der Waals surface area contributed by atoms with Gasteiger partial charge in [-0.3, -0.25) is 9.59 Å². The number of carboxylic acids is 1. The summed E-state index contributed by atoms with van der Waals surface area (Å²) in [7, 11) is 0. The zero-order chi connectivity index (χ0) is 54.3. The van der Waals surface area contributed by atoms with E-state index in [1.165, 1.54) is 6.92 Å². The van der Waals surface area contributed by atoms with Gasteiger partial charge in [0.05, 0.1) is 36.1 Å². The molecule has 412 valence electrons. The Kier molecular flexibility index (Phi) is 16.1. The smallest absolute Gasteiger partial charge is 0.335 e. The molecule has 0 amide bonds. The Labute approximate surface area is 426 Å². The molecule has 4 saturated carbocycles. The Morgan fingerprint density at radius 3 is 2.10 bits per heavy atom. The van der Waals surface area contributed by atoms with Crippen LogP contribution in [0.3, 0.4) is 0 Å². The number of carbonyl (C=O) groups excluding carboxylic acids is 4. The van der Waals surface area contributed by atoms with Gasteiger partial charge in [-0.1, -0.05) is 73.1 Å². The maximum Gasteiger partial charge on any atom is 0.335 e. The summed E-state index contributed by atoms with van der Waals surface area (Å²) in [5, 5.41) is 89.0. The van der Waals surface area contributed by atoms with Crippen molar-refractivity contribution in [1.29, 1.82) is 0 Å². The molecule has 0 aromatic heterocycles. The third-order valence-electron chi connectivity index (χ3n) is 19.7. The molecular weight excluding hydrogens is 957 g/mol. The molecule has 2 saturated heterocycles. The summed E-state index contributed by atoms with van der Waals surface area (Å²) in [5.41, 5.74) is -5.41. The third-order valence-corrected chi connectivity index (χ3v) is 19.7. The highest BCUT2D eigenvalue weighted by molar-refractivity contribution is 5.88. The van der Waals surface area contributed by atoms with Crippen LogP contribution in [0.5, 0.6) is 0 Å². The molecule has 8 N–H and O–H groups in total. The van der Waals surface area contributed by atoms with E-state index in [0.29, 0.717) is 37.7 Å². The lowest BCUT2D eigenvalue weighted by molar-refractivity contribution is -0.356. The average molecular weight is 1040 g/mol. The second-order valence-corrected chi connectivity index (χ2v) is 23.9. The first kappa shape index (κ1) is 57.3. The van der Waals surface area contributed by atoms with E-state index in [4.69, 9.17) is 33.2 Å². The Balaban J connectivity index is 1.26. The van der Waals surface area contributed by atoms with E-state index in [0.717, 1.165) is 11.9 Å². The number of allylic oxidation sites excluding steroid dienone is 2. The minimum Gasteiger partial charge on any atom is -0.479 e. The average Bonchev–Trinajstić information content (AvgIpc) is 3.33. The highest BCUT2D eigenvalue weighted by Gasteiger charge is 2.77. The van der Waals surface area contributed by atoms with Crippen LogP contribution in [0, 0.1) is 56.2 Å². The van der Waals surface area contributed by atoms with Crippen LogP contribution in [0.2, 0.25) is 0 Å². The van der Waals surface area contributed by atoms with Gasteiger partial charge in [0.15, 0.2) is 24.8 Å². The van der Waals surface area contributed by atoms with Gasteiger partial charge in [-0.25, -0.2) is 9.59 Å². The molecule has 0 aromatic carbocycles. The van der Waals surface area contributed by atoms with E-state index in [1.807, 2.05) is 27.7 Å². The van der Waals surface area contributed by atoms with Gasteiger partial charge in [0.2, 0.25) is 0 Å². The lowest BCUT2D eigenvalue weighted by Crippen LogP contribution is -2.77. The number of hydrogen-bond acceptors (Lipinski definition) is 19. The molecule has 0 radical (unpaired) electrons. The lowest BCUT2D eigenvalue weighted by atomic mass is 9.32. The number of aliphatic hydroxyl groups is 7. The molecule has 0 aromatic rings. The van der Waals surface area contributed by atoms with E-state index in [-0.39, 0.29) is 18.8 Å². The first-order valence-corrected chi connectivity index (χ1v) is 25.9. The molecule has 7 rings (SSSR count). The molecule has 7 aliphatic rings. The Hall–Kier alpha value is -3.41. The number of esters is 3. The van der Waals surface area contributed by atoms with Gasteiger partial charge in [-0.05, 0) is 87.4 Å². The first-order valence-electron chi connectivity index (χ1n) is 25.9. The van der Waals surface area contributed by atoms with Gasteiger partial charge in [-0.15, -0.1) is 0 Å². The van der Waals surface area contributed by atoms with Crippen LogP contribution in [0.4, 0.5) is 0 Å². The molecule has 20 heteroatoms. The van der Waals surface area contributed by atoms with Crippen molar-refractivity contribution < 1.29 is 98.0 Å². The number of aliphatic carboxylic acids is 1. The number of carbonyl (C=O) groups is 5. The van der Waals surface area contributed by atoms with E-state index in [9.17, 15) is 64.8 Å². The number of ether oxygens (including phenoxy) is 7. The van der Waals surface area contributed by atoms with E-state index < -0.39 is 173 Å². The van der Waals surface area contributed by atoms with Crippen molar-refractivity contribution in [3.8, 4) is 0 Å². The maximum atomic E-state index is 14.0. The van der Waals surface area contributed by atoms with Crippen LogP contribution >= 0.6 is 0 Å². The molecule has 0 spiro atoms. The van der Waals surface area contributed by atoms with Crippen molar-refractivity contribution in [1.82, 2.24) is 0 Å². The largest absolute Gasteiger partial charge is 0.479 e.